The third-order valence-corrected chi connectivity index (χ3v) is 10.8. The molecule has 0 spiro atoms. The number of allylic oxidation sites excluding steroid dienone is 1. The fraction of sp³-hybridized carbons (Fsp3) is 0.273. The van der Waals surface area contributed by atoms with Gasteiger partial charge in [-0.3, -0.25) is 0 Å². The first-order valence-electron chi connectivity index (χ1n) is 8.54. The second kappa shape index (κ2) is 6.10. The van der Waals surface area contributed by atoms with E-state index in [2.05, 4.69) is 88.1 Å². The van der Waals surface area contributed by atoms with Crippen LogP contribution in [-0.2, 0) is 5.04 Å². The summed E-state index contributed by atoms with van der Waals surface area (Å²) in [5.74, 6) is 1.01. The van der Waals surface area contributed by atoms with Crippen LogP contribution in [-0.4, -0.2) is 14.7 Å². The molecular weight excluding hydrogens is 308 g/mol. The topological polar surface area (TPSA) is 9.23 Å². The van der Waals surface area contributed by atoms with Crippen LogP contribution in [0.3, 0.4) is 0 Å². The molecule has 0 saturated carbocycles. The lowest BCUT2D eigenvalue weighted by atomic mass is 9.97. The van der Waals surface area contributed by atoms with Crippen molar-refractivity contribution in [3.8, 4) is 5.75 Å². The Labute approximate surface area is 146 Å². The number of rotatable bonds is 5. The minimum Gasteiger partial charge on any atom is -0.490 e. The van der Waals surface area contributed by atoms with E-state index in [1.165, 1.54) is 21.9 Å². The lowest BCUT2D eigenvalue weighted by molar-refractivity contribution is 0.366. The number of hydrogen-bond donors (Lipinski definition) is 0. The number of hydrogen-bond acceptors (Lipinski definition) is 1. The van der Waals surface area contributed by atoms with Gasteiger partial charge in [-0.1, -0.05) is 86.8 Å². The molecule has 0 radical (unpaired) electrons. The van der Waals surface area contributed by atoms with Crippen LogP contribution in [0.2, 0.25) is 13.1 Å². The first kappa shape index (κ1) is 16.8. The van der Waals surface area contributed by atoms with Gasteiger partial charge in [-0.15, -0.1) is 0 Å². The second-order valence-electron chi connectivity index (χ2n) is 7.26. The van der Waals surface area contributed by atoms with Gasteiger partial charge >= 0.3 is 0 Å². The van der Waals surface area contributed by atoms with E-state index in [1.54, 1.807) is 0 Å². The van der Waals surface area contributed by atoms with E-state index in [1.807, 2.05) is 6.08 Å². The minimum absolute atomic E-state index is 0.0667. The number of fused-ring (bicyclic) bond motifs is 1. The first-order valence-corrected chi connectivity index (χ1v) is 11.5. The van der Waals surface area contributed by atoms with Crippen molar-refractivity contribution in [2.24, 2.45) is 0 Å². The summed E-state index contributed by atoms with van der Waals surface area (Å²) in [6, 6.07) is 17.4. The highest BCUT2D eigenvalue weighted by Crippen LogP contribution is 2.47. The molecule has 0 fully saturated rings. The Balaban J connectivity index is 2.15. The van der Waals surface area contributed by atoms with Crippen LogP contribution in [0.4, 0.5) is 0 Å². The molecule has 124 valence electrons. The van der Waals surface area contributed by atoms with Gasteiger partial charge in [0.2, 0.25) is 0 Å². The van der Waals surface area contributed by atoms with Gasteiger partial charge in [0, 0.05) is 5.04 Å². The zero-order valence-corrected chi connectivity index (χ0v) is 16.1. The minimum atomic E-state index is -1.91. The zero-order valence-electron chi connectivity index (χ0n) is 15.1. The lowest BCUT2D eigenvalue weighted by Crippen LogP contribution is -2.58. The van der Waals surface area contributed by atoms with Crippen molar-refractivity contribution in [1.82, 2.24) is 0 Å². The molecule has 2 aromatic carbocycles. The van der Waals surface area contributed by atoms with Crippen molar-refractivity contribution >= 4 is 19.3 Å². The highest BCUT2D eigenvalue weighted by Gasteiger charge is 2.50. The maximum absolute atomic E-state index is 6.00. The Morgan fingerprint density at radius 1 is 1.08 bits per heavy atom. The van der Waals surface area contributed by atoms with Crippen LogP contribution < -0.4 is 9.92 Å². The monoisotopic (exact) mass is 334 g/mol. The Bertz CT molecular complexity index is 803. The SMILES string of the molecule is C=CCOc1ccccc1[Si](C)(C)C1(C)C(C)=Cc2ccccc21. The zero-order chi connectivity index (χ0) is 17.4. The summed E-state index contributed by atoms with van der Waals surface area (Å²) in [5.41, 5.74) is 4.28. The van der Waals surface area contributed by atoms with E-state index in [0.717, 1.165) is 5.75 Å². The lowest BCUT2D eigenvalue weighted by Gasteiger charge is -2.43. The fourth-order valence-electron chi connectivity index (χ4n) is 4.02. The summed E-state index contributed by atoms with van der Waals surface area (Å²) in [7, 11) is -1.91. The fourth-order valence-corrected chi connectivity index (χ4v) is 7.81. The summed E-state index contributed by atoms with van der Waals surface area (Å²) in [6.45, 7) is 13.9. The quantitative estimate of drug-likeness (QED) is 0.547. The van der Waals surface area contributed by atoms with Gasteiger partial charge in [0.05, 0.1) is 0 Å². The van der Waals surface area contributed by atoms with Crippen molar-refractivity contribution in [2.75, 3.05) is 6.61 Å². The average Bonchev–Trinajstić information content (AvgIpc) is 2.86. The maximum atomic E-state index is 6.00. The molecule has 0 aliphatic heterocycles. The van der Waals surface area contributed by atoms with Crippen LogP contribution in [0.25, 0.3) is 6.08 Å². The molecule has 3 rings (SSSR count). The number of ether oxygens (including phenoxy) is 1. The molecule has 1 atom stereocenters. The van der Waals surface area contributed by atoms with E-state index in [4.69, 9.17) is 4.74 Å². The molecule has 0 N–H and O–H groups in total. The van der Waals surface area contributed by atoms with Gasteiger partial charge in [-0.05, 0) is 29.3 Å². The van der Waals surface area contributed by atoms with Crippen LogP contribution in [0.1, 0.15) is 25.0 Å². The van der Waals surface area contributed by atoms with Crippen LogP contribution in [0, 0.1) is 0 Å². The van der Waals surface area contributed by atoms with Crippen molar-refractivity contribution in [1.29, 1.82) is 0 Å². The van der Waals surface area contributed by atoms with Crippen molar-refractivity contribution in [2.45, 2.75) is 32.0 Å². The van der Waals surface area contributed by atoms with Crippen LogP contribution in [0.5, 0.6) is 5.75 Å². The summed E-state index contributed by atoms with van der Waals surface area (Å²) < 4.78 is 6.00. The second-order valence-corrected chi connectivity index (χ2v) is 12.0. The summed E-state index contributed by atoms with van der Waals surface area (Å²) in [5, 5.41) is 1.44. The molecule has 1 aliphatic carbocycles. The van der Waals surface area contributed by atoms with Gasteiger partial charge in [0.15, 0.2) is 0 Å². The van der Waals surface area contributed by atoms with Gasteiger partial charge in [0.25, 0.3) is 0 Å². The predicted octanol–water partition coefficient (Wildman–Crippen LogP) is 5.08. The standard InChI is InChI=1S/C22H26OSi/c1-6-15-23-20-13-9-10-14-21(20)24(4,5)22(3)17(2)16-18-11-7-8-12-19(18)22/h6-14,16H,1,15H2,2-5H3. The van der Waals surface area contributed by atoms with Crippen LogP contribution >= 0.6 is 0 Å². The largest absolute Gasteiger partial charge is 0.490 e. The molecule has 2 aromatic rings. The highest BCUT2D eigenvalue weighted by molar-refractivity contribution is 6.93. The van der Waals surface area contributed by atoms with Crippen LogP contribution in [0.15, 0.2) is 66.8 Å². The van der Waals surface area contributed by atoms with Gasteiger partial charge in [0.1, 0.15) is 20.4 Å². The molecule has 0 bridgehead atoms. The Morgan fingerprint density at radius 3 is 2.50 bits per heavy atom. The van der Waals surface area contributed by atoms with E-state index >= 15 is 0 Å². The van der Waals surface area contributed by atoms with E-state index in [-0.39, 0.29) is 5.04 Å². The first-order chi connectivity index (χ1) is 11.4. The molecule has 0 aromatic heterocycles. The molecule has 24 heavy (non-hydrogen) atoms. The molecule has 1 unspecified atom stereocenters. The molecule has 1 aliphatic rings. The average molecular weight is 335 g/mol. The van der Waals surface area contributed by atoms with Gasteiger partial charge < -0.3 is 4.74 Å². The molecule has 0 amide bonds. The molecule has 2 heteroatoms. The Kier molecular flexibility index (Phi) is 4.27. The third kappa shape index (κ3) is 2.37. The molecular formula is C22H26OSi. The summed E-state index contributed by atoms with van der Waals surface area (Å²) >= 11 is 0. The normalized spacial score (nSPS) is 19.6. The number of benzene rings is 2. The molecule has 1 nitrogen and oxygen atoms in total. The number of para-hydroxylation sites is 1. The smallest absolute Gasteiger partial charge is 0.119 e. The van der Waals surface area contributed by atoms with Crippen molar-refractivity contribution in [3.05, 3.63) is 77.9 Å². The predicted molar refractivity (Wildman–Crippen MR) is 107 cm³/mol. The van der Waals surface area contributed by atoms with E-state index in [9.17, 15) is 0 Å². The highest BCUT2D eigenvalue weighted by atomic mass is 28.3. The molecule has 0 heterocycles. The van der Waals surface area contributed by atoms with E-state index < -0.39 is 8.07 Å². The summed E-state index contributed by atoms with van der Waals surface area (Å²) in [6.07, 6.45) is 4.17. The van der Waals surface area contributed by atoms with Gasteiger partial charge in [-0.2, -0.15) is 0 Å². The van der Waals surface area contributed by atoms with Crippen molar-refractivity contribution < 1.29 is 4.74 Å². The third-order valence-electron chi connectivity index (χ3n) is 5.83. The Morgan fingerprint density at radius 2 is 1.75 bits per heavy atom. The maximum Gasteiger partial charge on any atom is 0.119 e. The van der Waals surface area contributed by atoms with E-state index in [0.29, 0.717) is 6.61 Å². The van der Waals surface area contributed by atoms with Crippen molar-refractivity contribution in [3.63, 3.8) is 0 Å². The molecule has 0 saturated heterocycles. The summed E-state index contributed by atoms with van der Waals surface area (Å²) in [4.78, 5) is 0. The Hall–Kier alpha value is -2.06. The van der Waals surface area contributed by atoms with Gasteiger partial charge in [-0.25, -0.2) is 0 Å².